The van der Waals surface area contributed by atoms with Gasteiger partial charge >= 0.3 is 5.69 Å². The number of hydrogen-bond acceptors (Lipinski definition) is 4. The van der Waals surface area contributed by atoms with Crippen molar-refractivity contribution in [3.63, 3.8) is 0 Å². The van der Waals surface area contributed by atoms with Gasteiger partial charge in [-0.3, -0.25) is 9.78 Å². The number of aryl methyl sites for hydroxylation is 1. The van der Waals surface area contributed by atoms with Crippen LogP contribution in [0.1, 0.15) is 23.5 Å². The van der Waals surface area contributed by atoms with Crippen molar-refractivity contribution in [2.45, 2.75) is 12.3 Å². The van der Waals surface area contributed by atoms with E-state index in [1.807, 2.05) is 30.1 Å². The van der Waals surface area contributed by atoms with Gasteiger partial charge in [0.2, 0.25) is 0 Å². The number of nitrogens with one attached hydrogen (secondary N) is 2. The number of aromatic amines is 2. The van der Waals surface area contributed by atoms with Gasteiger partial charge in [-0.1, -0.05) is 23.4 Å². The van der Waals surface area contributed by atoms with Crippen LogP contribution >= 0.6 is 11.6 Å². The van der Waals surface area contributed by atoms with Crippen molar-refractivity contribution >= 4 is 11.6 Å². The molecule has 130 valence electrons. The second kappa shape index (κ2) is 6.32. The number of nitrogens with zero attached hydrogens (tertiary/aromatic N) is 3. The topological polar surface area (TPSA) is 96.4 Å². The van der Waals surface area contributed by atoms with Crippen molar-refractivity contribution in [3.05, 3.63) is 67.8 Å². The Morgan fingerprint density at radius 3 is 2.92 bits per heavy atom. The maximum Gasteiger partial charge on any atom is 0.325 e. The van der Waals surface area contributed by atoms with Gasteiger partial charge in [0, 0.05) is 43.0 Å². The molecule has 0 aliphatic heterocycles. The fourth-order valence-electron chi connectivity index (χ4n) is 2.83. The van der Waals surface area contributed by atoms with E-state index in [0.717, 1.165) is 17.5 Å². The summed E-state index contributed by atoms with van der Waals surface area (Å²) < 4.78 is 1.95. The first-order chi connectivity index (χ1) is 12.5. The second-order valence-corrected chi connectivity index (χ2v) is 6.60. The van der Waals surface area contributed by atoms with Crippen LogP contribution in [0.25, 0.3) is 11.3 Å². The van der Waals surface area contributed by atoms with Gasteiger partial charge in [0.25, 0.3) is 5.56 Å². The standard InChI is InChI=1S/C18H14ClN5O2/c1-24-5-4-10(9-24)2-3-11-6-12(11)13-7-15(22-23-16(13)19)14-8-20-18(26)21-17(14)25/h4-5,7-9,11-12H,6H2,1H3,(H2,20,21,25,26)/t11-,12?/m0/s1. The van der Waals surface area contributed by atoms with Crippen LogP contribution in [0.2, 0.25) is 5.15 Å². The Morgan fingerprint density at radius 1 is 1.35 bits per heavy atom. The van der Waals surface area contributed by atoms with E-state index in [4.69, 9.17) is 11.6 Å². The van der Waals surface area contributed by atoms with Gasteiger partial charge in [0.05, 0.1) is 5.56 Å². The highest BCUT2D eigenvalue weighted by Crippen LogP contribution is 2.49. The summed E-state index contributed by atoms with van der Waals surface area (Å²) in [5, 5.41) is 8.23. The molecule has 3 aromatic rings. The monoisotopic (exact) mass is 367 g/mol. The Bertz CT molecular complexity index is 1160. The Labute approximate surface area is 153 Å². The molecule has 1 aliphatic carbocycles. The van der Waals surface area contributed by atoms with Crippen molar-refractivity contribution in [3.8, 4) is 23.1 Å². The van der Waals surface area contributed by atoms with E-state index in [9.17, 15) is 9.59 Å². The Morgan fingerprint density at radius 2 is 2.19 bits per heavy atom. The summed E-state index contributed by atoms with van der Waals surface area (Å²) in [6.07, 6.45) is 6.12. The highest BCUT2D eigenvalue weighted by Gasteiger charge is 2.39. The third kappa shape index (κ3) is 3.19. The molecule has 7 nitrogen and oxygen atoms in total. The number of H-pyrrole nitrogens is 2. The summed E-state index contributed by atoms with van der Waals surface area (Å²) >= 11 is 6.20. The molecular weight excluding hydrogens is 354 g/mol. The van der Waals surface area contributed by atoms with Gasteiger partial charge in [0.15, 0.2) is 5.15 Å². The van der Waals surface area contributed by atoms with Gasteiger partial charge in [-0.15, -0.1) is 10.2 Å². The molecule has 2 N–H and O–H groups in total. The first-order valence-electron chi connectivity index (χ1n) is 8.00. The van der Waals surface area contributed by atoms with Crippen LogP contribution in [-0.4, -0.2) is 24.7 Å². The van der Waals surface area contributed by atoms with Crippen LogP contribution in [0.5, 0.6) is 0 Å². The molecule has 0 radical (unpaired) electrons. The quantitative estimate of drug-likeness (QED) is 0.673. The first-order valence-corrected chi connectivity index (χ1v) is 8.38. The van der Waals surface area contributed by atoms with Gasteiger partial charge in [-0.25, -0.2) is 4.79 Å². The zero-order valence-electron chi connectivity index (χ0n) is 13.8. The fraction of sp³-hybridized carbons (Fsp3) is 0.222. The minimum Gasteiger partial charge on any atom is -0.356 e. The minimum absolute atomic E-state index is 0.162. The highest BCUT2D eigenvalue weighted by atomic mass is 35.5. The molecule has 0 aromatic carbocycles. The lowest BCUT2D eigenvalue weighted by atomic mass is 10.1. The van der Waals surface area contributed by atoms with Gasteiger partial charge < -0.3 is 9.55 Å². The molecule has 8 heteroatoms. The molecule has 1 unspecified atom stereocenters. The molecule has 0 spiro atoms. The Kier molecular flexibility index (Phi) is 3.98. The SMILES string of the molecule is Cn1ccc(C#C[C@H]2CC2c2cc(-c3c[nH]c(=O)[nH]c3=O)nnc2Cl)c1. The highest BCUT2D eigenvalue weighted by molar-refractivity contribution is 6.30. The van der Waals surface area contributed by atoms with Gasteiger partial charge in [-0.2, -0.15) is 0 Å². The summed E-state index contributed by atoms with van der Waals surface area (Å²) in [6, 6.07) is 3.71. The van der Waals surface area contributed by atoms with E-state index >= 15 is 0 Å². The number of hydrogen-bond donors (Lipinski definition) is 2. The van der Waals surface area contributed by atoms with Crippen LogP contribution in [0.3, 0.4) is 0 Å². The number of halogens is 1. The Hall–Kier alpha value is -3.11. The largest absolute Gasteiger partial charge is 0.356 e. The minimum atomic E-state index is -0.570. The molecular formula is C18H14ClN5O2. The summed E-state index contributed by atoms with van der Waals surface area (Å²) in [6.45, 7) is 0. The second-order valence-electron chi connectivity index (χ2n) is 6.25. The van der Waals surface area contributed by atoms with E-state index in [0.29, 0.717) is 10.8 Å². The van der Waals surface area contributed by atoms with Crippen LogP contribution in [0.4, 0.5) is 0 Å². The smallest absolute Gasteiger partial charge is 0.325 e. The van der Waals surface area contributed by atoms with Gasteiger partial charge in [-0.05, 0) is 24.1 Å². The normalized spacial score (nSPS) is 18.2. The molecule has 1 saturated carbocycles. The summed E-state index contributed by atoms with van der Waals surface area (Å²) in [5.74, 6) is 6.77. The van der Waals surface area contributed by atoms with Crippen molar-refractivity contribution < 1.29 is 0 Å². The van der Waals surface area contributed by atoms with Crippen LogP contribution in [0, 0.1) is 17.8 Å². The lowest BCUT2D eigenvalue weighted by Crippen LogP contribution is -2.23. The van der Waals surface area contributed by atoms with E-state index < -0.39 is 11.2 Å². The average Bonchev–Trinajstić information content (AvgIpc) is 3.26. The van der Waals surface area contributed by atoms with Crippen molar-refractivity contribution in [2.24, 2.45) is 13.0 Å². The van der Waals surface area contributed by atoms with Crippen molar-refractivity contribution in [1.29, 1.82) is 0 Å². The fourth-order valence-corrected chi connectivity index (χ4v) is 3.07. The molecule has 0 saturated heterocycles. The lowest BCUT2D eigenvalue weighted by Gasteiger charge is -2.04. The molecule has 0 amide bonds. The van der Waals surface area contributed by atoms with Crippen molar-refractivity contribution in [1.82, 2.24) is 24.7 Å². The lowest BCUT2D eigenvalue weighted by molar-refractivity contribution is 0.927. The maximum absolute atomic E-state index is 11.9. The zero-order valence-corrected chi connectivity index (χ0v) is 14.5. The van der Waals surface area contributed by atoms with Gasteiger partial charge in [0.1, 0.15) is 5.69 Å². The molecule has 1 aliphatic rings. The Balaban J connectivity index is 1.61. The predicted molar refractivity (Wildman–Crippen MR) is 96.9 cm³/mol. The van der Waals surface area contributed by atoms with E-state index in [-0.39, 0.29) is 17.4 Å². The van der Waals surface area contributed by atoms with Crippen LogP contribution < -0.4 is 11.2 Å². The van der Waals surface area contributed by atoms with Crippen molar-refractivity contribution in [2.75, 3.05) is 0 Å². The molecule has 26 heavy (non-hydrogen) atoms. The summed E-state index contributed by atoms with van der Waals surface area (Å²) in [7, 11) is 1.95. The summed E-state index contributed by atoms with van der Waals surface area (Å²) in [5.41, 5.74) is 1.30. The molecule has 3 aromatic heterocycles. The number of aromatic nitrogens is 5. The van der Waals surface area contributed by atoms with E-state index in [1.54, 1.807) is 6.07 Å². The van der Waals surface area contributed by atoms with Crippen LogP contribution in [0.15, 0.2) is 40.3 Å². The third-order valence-electron chi connectivity index (χ3n) is 4.29. The summed E-state index contributed by atoms with van der Waals surface area (Å²) in [4.78, 5) is 27.7. The zero-order chi connectivity index (χ0) is 18.3. The van der Waals surface area contributed by atoms with E-state index in [2.05, 4.69) is 32.0 Å². The third-order valence-corrected chi connectivity index (χ3v) is 4.59. The maximum atomic E-state index is 11.9. The molecule has 0 bridgehead atoms. The molecule has 2 atom stereocenters. The average molecular weight is 368 g/mol. The molecule has 3 heterocycles. The molecule has 1 fully saturated rings. The molecule has 4 rings (SSSR count). The van der Waals surface area contributed by atoms with Crippen LogP contribution in [-0.2, 0) is 7.05 Å². The number of rotatable bonds is 2. The first kappa shape index (κ1) is 16.4. The van der Waals surface area contributed by atoms with E-state index in [1.165, 1.54) is 6.20 Å². The predicted octanol–water partition coefficient (Wildman–Crippen LogP) is 1.67.